The van der Waals surface area contributed by atoms with Gasteiger partial charge in [0, 0.05) is 11.1 Å². The molecule has 0 unspecified atom stereocenters. The van der Waals surface area contributed by atoms with Crippen LogP contribution in [-0.2, 0) is 5.41 Å². The highest BCUT2D eigenvalue weighted by molar-refractivity contribution is 6.06. The largest absolute Gasteiger partial charge is 0.423 e. The quantitative estimate of drug-likeness (QED) is 0.220. The van der Waals surface area contributed by atoms with Gasteiger partial charge in [0.15, 0.2) is 5.78 Å². The van der Waals surface area contributed by atoms with E-state index in [9.17, 15) is 14.0 Å². The lowest BCUT2D eigenvalue weighted by Crippen LogP contribution is -2.13. The maximum atomic E-state index is 13.6. The van der Waals surface area contributed by atoms with Crippen molar-refractivity contribution in [2.75, 3.05) is 0 Å². The van der Waals surface area contributed by atoms with Gasteiger partial charge in [-0.05, 0) is 65.6 Å². The molecule has 0 aromatic heterocycles. The van der Waals surface area contributed by atoms with Gasteiger partial charge in [-0.3, -0.25) is 4.79 Å². The molecule has 0 fully saturated rings. The lowest BCUT2D eigenvalue weighted by molar-refractivity contribution is 0.0734. The summed E-state index contributed by atoms with van der Waals surface area (Å²) in [5, 5.41) is 0. The number of carbonyl (C=O) groups is 2. The Morgan fingerprint density at radius 2 is 1.43 bits per heavy atom. The number of allylic oxidation sites excluding steroid dienone is 1. The fraction of sp³-hybridized carbons (Fsp3) is 0.154. The van der Waals surface area contributed by atoms with E-state index in [1.807, 2.05) is 12.1 Å². The number of hydrogen-bond acceptors (Lipinski definition) is 3. The first kappa shape index (κ1) is 21.2. The van der Waals surface area contributed by atoms with Gasteiger partial charge in [-0.1, -0.05) is 51.1 Å². The Morgan fingerprint density at radius 1 is 0.833 bits per heavy atom. The average Bonchev–Trinajstić information content (AvgIpc) is 2.73. The van der Waals surface area contributed by atoms with E-state index < -0.39 is 5.97 Å². The summed E-state index contributed by atoms with van der Waals surface area (Å²) < 4.78 is 19.0. The van der Waals surface area contributed by atoms with Crippen LogP contribution in [0.1, 0.15) is 52.6 Å². The van der Waals surface area contributed by atoms with E-state index in [-0.39, 0.29) is 17.0 Å². The molecule has 3 nitrogen and oxygen atoms in total. The fourth-order valence-electron chi connectivity index (χ4n) is 2.83. The summed E-state index contributed by atoms with van der Waals surface area (Å²) in [6.07, 6.45) is 2.75. The van der Waals surface area contributed by atoms with E-state index in [2.05, 4.69) is 20.8 Å². The summed E-state index contributed by atoms with van der Waals surface area (Å²) >= 11 is 0. The van der Waals surface area contributed by atoms with Gasteiger partial charge >= 0.3 is 5.97 Å². The lowest BCUT2D eigenvalue weighted by atomic mass is 9.87. The first-order valence-corrected chi connectivity index (χ1v) is 9.64. The molecular formula is C26H23FO3. The molecule has 0 heterocycles. The van der Waals surface area contributed by atoms with Crippen molar-refractivity contribution < 1.29 is 18.7 Å². The van der Waals surface area contributed by atoms with Crippen LogP contribution in [0.4, 0.5) is 4.39 Å². The molecule has 0 N–H and O–H groups in total. The maximum Gasteiger partial charge on any atom is 0.343 e. The van der Waals surface area contributed by atoms with Crippen LogP contribution in [0.25, 0.3) is 6.08 Å². The zero-order valence-corrected chi connectivity index (χ0v) is 17.2. The van der Waals surface area contributed by atoms with Crippen LogP contribution in [0.2, 0.25) is 0 Å². The van der Waals surface area contributed by atoms with Crippen LogP contribution in [0, 0.1) is 5.82 Å². The van der Waals surface area contributed by atoms with Crippen molar-refractivity contribution in [1.29, 1.82) is 0 Å². The molecular weight excluding hydrogens is 379 g/mol. The number of hydrogen-bond donors (Lipinski definition) is 0. The van der Waals surface area contributed by atoms with Crippen LogP contribution < -0.4 is 4.74 Å². The van der Waals surface area contributed by atoms with Crippen molar-refractivity contribution in [1.82, 2.24) is 0 Å². The van der Waals surface area contributed by atoms with Crippen molar-refractivity contribution in [2.24, 2.45) is 0 Å². The molecule has 0 radical (unpaired) electrons. The third kappa shape index (κ3) is 5.29. The Balaban J connectivity index is 1.64. The van der Waals surface area contributed by atoms with Crippen molar-refractivity contribution >= 4 is 17.8 Å². The molecule has 0 bridgehead atoms. The minimum atomic E-state index is -0.464. The van der Waals surface area contributed by atoms with Gasteiger partial charge < -0.3 is 4.74 Å². The smallest absolute Gasteiger partial charge is 0.343 e. The Bertz CT molecular complexity index is 1070. The van der Waals surface area contributed by atoms with E-state index in [4.69, 9.17) is 4.74 Å². The molecule has 4 heteroatoms. The Morgan fingerprint density at radius 3 is 2.03 bits per heavy atom. The first-order chi connectivity index (χ1) is 14.2. The predicted octanol–water partition coefficient (Wildman–Crippen LogP) is 6.24. The van der Waals surface area contributed by atoms with Crippen molar-refractivity contribution in [3.63, 3.8) is 0 Å². The molecule has 0 saturated carbocycles. The van der Waals surface area contributed by atoms with Gasteiger partial charge in [-0.15, -0.1) is 0 Å². The second-order valence-corrected chi connectivity index (χ2v) is 7.96. The van der Waals surface area contributed by atoms with Gasteiger partial charge in [-0.2, -0.15) is 0 Å². The zero-order valence-electron chi connectivity index (χ0n) is 17.2. The SMILES string of the molecule is CC(C)(C)c1ccc(C(=O)Oc2ccc(C(=O)C=Cc3ccccc3F)cc2)cc1. The number of carbonyl (C=O) groups excluding carboxylic acids is 2. The average molecular weight is 402 g/mol. The van der Waals surface area contributed by atoms with E-state index >= 15 is 0 Å². The maximum absolute atomic E-state index is 13.6. The standard InChI is InChI=1S/C26H23FO3/c1-26(2,3)21-13-8-20(9-14-21)25(29)30-22-15-10-19(11-16-22)24(28)17-12-18-6-4-5-7-23(18)27/h4-17H,1-3H3. The zero-order chi connectivity index (χ0) is 21.7. The van der Waals surface area contributed by atoms with Crippen LogP contribution in [0.5, 0.6) is 5.75 Å². The summed E-state index contributed by atoms with van der Waals surface area (Å²) in [6.45, 7) is 6.32. The van der Waals surface area contributed by atoms with E-state index in [0.29, 0.717) is 22.4 Å². The number of esters is 1. The summed E-state index contributed by atoms with van der Waals surface area (Å²) in [7, 11) is 0. The summed E-state index contributed by atoms with van der Waals surface area (Å²) in [4.78, 5) is 24.6. The Labute approximate surface area is 175 Å². The molecule has 0 aliphatic heterocycles. The van der Waals surface area contributed by atoms with Crippen LogP contribution in [0.15, 0.2) is 78.9 Å². The van der Waals surface area contributed by atoms with Crippen LogP contribution in [0.3, 0.4) is 0 Å². The molecule has 0 atom stereocenters. The van der Waals surface area contributed by atoms with Gasteiger partial charge in [0.2, 0.25) is 0 Å². The molecule has 0 aliphatic rings. The second kappa shape index (κ2) is 8.87. The first-order valence-electron chi connectivity index (χ1n) is 9.64. The summed E-state index contributed by atoms with van der Waals surface area (Å²) in [5.41, 5.74) is 2.35. The topological polar surface area (TPSA) is 43.4 Å². The van der Waals surface area contributed by atoms with Gasteiger partial charge in [0.1, 0.15) is 11.6 Å². The van der Waals surface area contributed by atoms with Crippen molar-refractivity contribution in [3.8, 4) is 5.75 Å². The van der Waals surface area contributed by atoms with Crippen LogP contribution >= 0.6 is 0 Å². The number of rotatable bonds is 5. The van der Waals surface area contributed by atoms with E-state index in [1.54, 1.807) is 54.6 Å². The third-order valence-corrected chi connectivity index (χ3v) is 4.66. The van der Waals surface area contributed by atoms with Crippen molar-refractivity contribution in [3.05, 3.63) is 107 Å². The van der Waals surface area contributed by atoms with E-state index in [0.717, 1.165) is 5.56 Å². The minimum Gasteiger partial charge on any atom is -0.423 e. The number of ketones is 1. The highest BCUT2D eigenvalue weighted by Gasteiger charge is 2.15. The molecule has 0 saturated heterocycles. The third-order valence-electron chi connectivity index (χ3n) is 4.66. The molecule has 0 amide bonds. The predicted molar refractivity (Wildman–Crippen MR) is 116 cm³/mol. The Kier molecular flexibility index (Phi) is 6.26. The van der Waals surface area contributed by atoms with E-state index in [1.165, 1.54) is 18.2 Å². The van der Waals surface area contributed by atoms with Gasteiger partial charge in [-0.25, -0.2) is 9.18 Å². The number of benzene rings is 3. The number of ether oxygens (including phenoxy) is 1. The highest BCUT2D eigenvalue weighted by atomic mass is 19.1. The van der Waals surface area contributed by atoms with Crippen molar-refractivity contribution in [2.45, 2.75) is 26.2 Å². The lowest BCUT2D eigenvalue weighted by Gasteiger charge is -2.18. The Hall–Kier alpha value is -3.53. The normalized spacial score (nSPS) is 11.5. The molecule has 152 valence electrons. The molecule has 30 heavy (non-hydrogen) atoms. The highest BCUT2D eigenvalue weighted by Crippen LogP contribution is 2.23. The summed E-state index contributed by atoms with van der Waals surface area (Å²) in [5.74, 6) is -0.781. The monoisotopic (exact) mass is 402 g/mol. The molecule has 3 aromatic rings. The summed E-state index contributed by atoms with van der Waals surface area (Å²) in [6, 6.07) is 19.8. The van der Waals surface area contributed by atoms with Crippen LogP contribution in [-0.4, -0.2) is 11.8 Å². The molecule has 0 spiro atoms. The van der Waals surface area contributed by atoms with Gasteiger partial charge in [0.25, 0.3) is 0 Å². The van der Waals surface area contributed by atoms with Gasteiger partial charge in [0.05, 0.1) is 5.56 Å². The number of halogens is 1. The molecule has 3 aromatic carbocycles. The fourth-order valence-corrected chi connectivity index (χ4v) is 2.83. The minimum absolute atomic E-state index is 0.00549. The second-order valence-electron chi connectivity index (χ2n) is 7.96. The molecule has 0 aliphatic carbocycles. The molecule has 3 rings (SSSR count).